The van der Waals surface area contributed by atoms with Gasteiger partial charge >= 0.3 is 6.18 Å². The number of allylic oxidation sites excluding steroid dienone is 3. The first kappa shape index (κ1) is 35.9. The number of rotatable bonds is 12. The van der Waals surface area contributed by atoms with E-state index in [0.29, 0.717) is 49.7 Å². The van der Waals surface area contributed by atoms with E-state index in [4.69, 9.17) is 4.74 Å². The Morgan fingerprint density at radius 1 is 1.19 bits per heavy atom. The molecule has 2 aromatic heterocycles. The number of nitrogens with zero attached hydrogens (tertiary/aromatic N) is 4. The molecule has 0 aliphatic carbocycles. The zero-order valence-corrected chi connectivity index (χ0v) is 28.4. The van der Waals surface area contributed by atoms with Gasteiger partial charge in [-0.3, -0.25) is 24.4 Å². The number of nitrogens with one attached hydrogen (secondary N) is 2. The van der Waals surface area contributed by atoms with Crippen LogP contribution in [0.1, 0.15) is 67.3 Å². The number of carbonyl (C=O) groups is 2. The molecule has 1 saturated heterocycles. The second kappa shape index (κ2) is 15.3. The molecule has 9 nitrogen and oxygen atoms in total. The molecular weight excluding hydrogens is 609 g/mol. The van der Waals surface area contributed by atoms with Crippen molar-refractivity contribution >= 4 is 29.5 Å². The molecule has 256 valence electrons. The quantitative estimate of drug-likeness (QED) is 0.139. The lowest BCUT2D eigenvalue weighted by molar-refractivity contribution is -0.149. The monoisotopic (exact) mass is 656 g/mol. The average molecular weight is 657 g/mol. The number of aromatic nitrogens is 1. The number of dihydropyridines is 1. The Kier molecular flexibility index (Phi) is 11.7. The van der Waals surface area contributed by atoms with Crippen LogP contribution < -0.4 is 10.6 Å². The zero-order valence-electron chi connectivity index (χ0n) is 28.4. The van der Waals surface area contributed by atoms with Crippen molar-refractivity contribution in [2.45, 2.75) is 59.3 Å². The van der Waals surface area contributed by atoms with E-state index >= 15 is 0 Å². The van der Waals surface area contributed by atoms with Gasteiger partial charge in [-0.2, -0.15) is 13.2 Å². The summed E-state index contributed by atoms with van der Waals surface area (Å²) >= 11 is 0. The molecule has 2 unspecified atom stereocenters. The minimum Gasteiger partial charge on any atom is -0.496 e. The summed E-state index contributed by atoms with van der Waals surface area (Å²) in [7, 11) is 3.23. The van der Waals surface area contributed by atoms with Gasteiger partial charge in [0.05, 0.1) is 30.8 Å². The predicted octanol–water partition coefficient (Wildman–Crippen LogP) is 5.32. The first-order chi connectivity index (χ1) is 22.3. The van der Waals surface area contributed by atoms with Crippen LogP contribution in [0.3, 0.4) is 0 Å². The first-order valence-corrected chi connectivity index (χ1v) is 16.0. The largest absolute Gasteiger partial charge is 0.496 e. The number of fused-ring (bicyclic) bond motifs is 1. The number of alkyl halides is 3. The second-order valence-corrected chi connectivity index (χ2v) is 12.6. The zero-order chi connectivity index (χ0) is 34.5. The molecule has 47 heavy (non-hydrogen) atoms. The van der Waals surface area contributed by atoms with Gasteiger partial charge in [0.2, 0.25) is 0 Å². The van der Waals surface area contributed by atoms with Crippen molar-refractivity contribution in [3.63, 3.8) is 0 Å². The molecule has 4 rings (SSSR count). The van der Waals surface area contributed by atoms with Gasteiger partial charge in [0, 0.05) is 80.7 Å². The summed E-state index contributed by atoms with van der Waals surface area (Å²) in [5, 5.41) is 5.91. The van der Waals surface area contributed by atoms with Gasteiger partial charge < -0.3 is 19.8 Å². The number of aliphatic imine (C=N–C) groups is 1. The maximum absolute atomic E-state index is 13.9. The second-order valence-electron chi connectivity index (χ2n) is 12.6. The van der Waals surface area contributed by atoms with Crippen LogP contribution in [0.15, 0.2) is 52.5 Å². The van der Waals surface area contributed by atoms with E-state index in [1.165, 1.54) is 12.0 Å². The van der Waals surface area contributed by atoms with Gasteiger partial charge in [0.25, 0.3) is 5.91 Å². The molecule has 0 aromatic carbocycles. The van der Waals surface area contributed by atoms with E-state index in [1.807, 2.05) is 45.3 Å². The molecule has 0 radical (unpaired) electrons. The SMILES string of the molecule is CN/C(C)=C\C(OC)=C(/C=O)CNC(=O)c1cc2c(C3=CC=NC(C(C)C)C3)ccn2c(C(C)N2CCN(CC(F)(F)F)CC2)c1C. The molecular formula is C35H47F3N6O3. The summed E-state index contributed by atoms with van der Waals surface area (Å²) in [6.07, 6.45) is 4.78. The Hall–Kier alpha value is -3.90. The van der Waals surface area contributed by atoms with Crippen LogP contribution in [0.4, 0.5) is 13.2 Å². The molecule has 1 amide bonds. The van der Waals surface area contributed by atoms with E-state index in [-0.39, 0.29) is 30.1 Å². The van der Waals surface area contributed by atoms with Crippen molar-refractivity contribution < 1.29 is 27.5 Å². The number of hydrogen-bond acceptors (Lipinski definition) is 7. The summed E-state index contributed by atoms with van der Waals surface area (Å²) in [5.74, 6) is 0.365. The molecule has 12 heteroatoms. The van der Waals surface area contributed by atoms with Crippen molar-refractivity contribution in [1.29, 1.82) is 0 Å². The third kappa shape index (κ3) is 8.53. The van der Waals surface area contributed by atoms with Crippen LogP contribution in [0.2, 0.25) is 0 Å². The molecule has 1 fully saturated rings. The van der Waals surface area contributed by atoms with Crippen molar-refractivity contribution in [2.75, 3.05) is 53.4 Å². The topological polar surface area (TPSA) is 90.7 Å². The third-order valence-electron chi connectivity index (χ3n) is 9.21. The van der Waals surface area contributed by atoms with Crippen LogP contribution >= 0.6 is 0 Å². The number of piperazine rings is 1. The molecule has 2 aromatic rings. The number of pyridine rings is 1. The van der Waals surface area contributed by atoms with E-state index < -0.39 is 12.7 Å². The molecule has 2 aliphatic heterocycles. The Balaban J connectivity index is 1.74. The number of aldehydes is 1. The highest BCUT2D eigenvalue weighted by atomic mass is 19.4. The van der Waals surface area contributed by atoms with Gasteiger partial charge in [-0.05, 0) is 68.5 Å². The summed E-state index contributed by atoms with van der Waals surface area (Å²) in [5.41, 5.74) is 6.18. The van der Waals surface area contributed by atoms with Crippen LogP contribution in [0, 0.1) is 12.8 Å². The number of carbonyl (C=O) groups excluding carboxylic acids is 2. The number of amides is 1. The van der Waals surface area contributed by atoms with E-state index in [2.05, 4.69) is 44.8 Å². The highest BCUT2D eigenvalue weighted by molar-refractivity contribution is 5.99. The predicted molar refractivity (Wildman–Crippen MR) is 180 cm³/mol. The summed E-state index contributed by atoms with van der Waals surface area (Å²) in [4.78, 5) is 34.2. The first-order valence-electron chi connectivity index (χ1n) is 16.0. The maximum Gasteiger partial charge on any atom is 0.401 e. The average Bonchev–Trinajstić information content (AvgIpc) is 3.46. The molecule has 2 aliphatic rings. The molecule has 2 N–H and O–H groups in total. The van der Waals surface area contributed by atoms with E-state index in [9.17, 15) is 22.8 Å². The van der Waals surface area contributed by atoms with Gasteiger partial charge in [0.1, 0.15) is 5.76 Å². The smallest absolute Gasteiger partial charge is 0.401 e. The highest BCUT2D eigenvalue weighted by Crippen LogP contribution is 2.35. The van der Waals surface area contributed by atoms with Crippen LogP contribution in [-0.4, -0.2) is 98.3 Å². The minimum atomic E-state index is -4.24. The Labute approximate surface area is 275 Å². The van der Waals surface area contributed by atoms with Gasteiger partial charge in [-0.1, -0.05) is 13.8 Å². The van der Waals surface area contributed by atoms with Crippen LogP contribution in [-0.2, 0) is 9.53 Å². The summed E-state index contributed by atoms with van der Waals surface area (Å²) in [6.45, 7) is 10.6. The molecule has 0 saturated carbocycles. The molecule has 4 heterocycles. The lowest BCUT2D eigenvalue weighted by Crippen LogP contribution is -2.49. The molecule has 2 atom stereocenters. The fourth-order valence-electron chi connectivity index (χ4n) is 6.33. The fourth-order valence-corrected chi connectivity index (χ4v) is 6.33. The lowest BCUT2D eigenvalue weighted by atomic mass is 9.91. The molecule has 0 spiro atoms. The van der Waals surface area contributed by atoms with E-state index in [1.54, 1.807) is 13.1 Å². The van der Waals surface area contributed by atoms with E-state index in [0.717, 1.165) is 40.0 Å². The number of halogens is 3. The Morgan fingerprint density at radius 3 is 2.49 bits per heavy atom. The highest BCUT2D eigenvalue weighted by Gasteiger charge is 2.34. The number of hydrogen-bond donors (Lipinski definition) is 2. The summed E-state index contributed by atoms with van der Waals surface area (Å²) < 4.78 is 46.7. The standard InChI is InChI=1S/C35H47F3N6O3/c1-22(2)30-17-26(8-10-40-30)28-9-11-44-31(28)18-29(34(46)41-19-27(20-45)32(47-7)16-23(3)39-6)24(4)33(44)25(5)43-14-12-42(13-15-43)21-35(36,37)38/h8-11,16,18,20,22,25,30,39H,12-15,17,19,21H2,1-7H3,(H,41,46)/b23-16-,32-27+. The third-order valence-corrected chi connectivity index (χ3v) is 9.21. The summed E-state index contributed by atoms with van der Waals surface area (Å²) in [6, 6.07) is 3.91. The minimum absolute atomic E-state index is 0.0404. The normalized spacial score (nSPS) is 19.4. The van der Waals surface area contributed by atoms with Gasteiger partial charge in [0.15, 0.2) is 6.29 Å². The van der Waals surface area contributed by atoms with Crippen molar-refractivity contribution in [1.82, 2.24) is 24.8 Å². The maximum atomic E-state index is 13.9. The Morgan fingerprint density at radius 2 is 1.89 bits per heavy atom. The van der Waals surface area contributed by atoms with Crippen LogP contribution in [0.25, 0.3) is 11.1 Å². The Bertz CT molecular complexity index is 1580. The number of ether oxygens (including phenoxy) is 1. The fraction of sp³-hybridized carbons (Fsp3) is 0.514. The van der Waals surface area contributed by atoms with Gasteiger partial charge in [-0.25, -0.2) is 0 Å². The molecule has 0 bridgehead atoms. The lowest BCUT2D eigenvalue weighted by Gasteiger charge is -2.39. The van der Waals surface area contributed by atoms with Crippen molar-refractivity contribution in [3.8, 4) is 0 Å². The van der Waals surface area contributed by atoms with Crippen molar-refractivity contribution in [3.05, 3.63) is 69.9 Å². The van der Waals surface area contributed by atoms with Crippen molar-refractivity contribution in [2.24, 2.45) is 10.9 Å². The van der Waals surface area contributed by atoms with Crippen LogP contribution in [0.5, 0.6) is 0 Å². The number of methoxy groups -OCH3 is 1. The van der Waals surface area contributed by atoms with Gasteiger partial charge in [-0.15, -0.1) is 0 Å².